The Kier molecular flexibility index (Phi) is 3.89. The Morgan fingerprint density at radius 1 is 1.20 bits per heavy atom. The van der Waals surface area contributed by atoms with Crippen molar-refractivity contribution in [3.8, 4) is 11.5 Å². The van der Waals surface area contributed by atoms with Crippen LogP contribution < -0.4 is 10.5 Å². The first-order valence-electron chi connectivity index (χ1n) is 5.93. The molecule has 0 saturated heterocycles. The number of anilines is 1. The molecule has 0 atom stereocenters. The fourth-order valence-corrected chi connectivity index (χ4v) is 1.71. The minimum Gasteiger partial charge on any atom is -0.465 e. The van der Waals surface area contributed by atoms with Crippen LogP contribution in [-0.4, -0.2) is 13.1 Å². The molecule has 20 heavy (non-hydrogen) atoms. The second-order valence-corrected chi connectivity index (χ2v) is 4.26. The molecule has 0 aromatic heterocycles. The van der Waals surface area contributed by atoms with E-state index in [1.807, 2.05) is 0 Å². The van der Waals surface area contributed by atoms with Gasteiger partial charge in [-0.05, 0) is 48.9 Å². The van der Waals surface area contributed by atoms with Gasteiger partial charge in [0.15, 0.2) is 0 Å². The summed E-state index contributed by atoms with van der Waals surface area (Å²) in [7, 11) is 1.28. The standard InChI is InChI=1S/C15H14FNO3/c1-9-7-11(4-5-13(9)16)20-14-6-3-10(17)8-12(14)15(18)19-2/h3-8H,17H2,1-2H3. The number of ether oxygens (including phenoxy) is 2. The maximum atomic E-state index is 13.2. The Morgan fingerprint density at radius 3 is 2.60 bits per heavy atom. The lowest BCUT2D eigenvalue weighted by Gasteiger charge is -2.11. The van der Waals surface area contributed by atoms with Gasteiger partial charge in [0.25, 0.3) is 0 Å². The van der Waals surface area contributed by atoms with Crippen LogP contribution in [0.2, 0.25) is 0 Å². The zero-order valence-corrected chi connectivity index (χ0v) is 11.1. The Labute approximate surface area is 115 Å². The van der Waals surface area contributed by atoms with Gasteiger partial charge in [-0.25, -0.2) is 9.18 Å². The van der Waals surface area contributed by atoms with Crippen molar-refractivity contribution in [3.05, 3.63) is 53.3 Å². The van der Waals surface area contributed by atoms with Crippen molar-refractivity contribution in [3.63, 3.8) is 0 Å². The van der Waals surface area contributed by atoms with E-state index in [4.69, 9.17) is 10.5 Å². The van der Waals surface area contributed by atoms with Gasteiger partial charge in [-0.1, -0.05) is 0 Å². The first kappa shape index (κ1) is 13.9. The molecule has 104 valence electrons. The van der Waals surface area contributed by atoms with Crippen LogP contribution >= 0.6 is 0 Å². The van der Waals surface area contributed by atoms with Crippen molar-refractivity contribution in [1.29, 1.82) is 0 Å². The fraction of sp³-hybridized carbons (Fsp3) is 0.133. The number of carbonyl (C=O) groups excluding carboxylic acids is 1. The van der Waals surface area contributed by atoms with E-state index in [-0.39, 0.29) is 11.4 Å². The summed E-state index contributed by atoms with van der Waals surface area (Å²) in [5.74, 6) is -0.134. The Bertz CT molecular complexity index is 656. The van der Waals surface area contributed by atoms with E-state index in [0.717, 1.165) is 0 Å². The van der Waals surface area contributed by atoms with Gasteiger partial charge in [0.05, 0.1) is 7.11 Å². The zero-order chi connectivity index (χ0) is 14.7. The summed E-state index contributed by atoms with van der Waals surface area (Å²) >= 11 is 0. The van der Waals surface area contributed by atoms with Crippen LogP contribution in [0, 0.1) is 12.7 Å². The number of methoxy groups -OCH3 is 1. The number of halogens is 1. The van der Waals surface area contributed by atoms with Crippen molar-refractivity contribution in [2.45, 2.75) is 6.92 Å². The molecule has 0 saturated carbocycles. The minimum atomic E-state index is -0.550. The molecule has 0 spiro atoms. The number of nitrogens with two attached hydrogens (primary N) is 1. The van der Waals surface area contributed by atoms with Gasteiger partial charge in [-0.15, -0.1) is 0 Å². The normalized spacial score (nSPS) is 10.2. The smallest absolute Gasteiger partial charge is 0.341 e. The molecule has 0 heterocycles. The van der Waals surface area contributed by atoms with Crippen molar-refractivity contribution in [1.82, 2.24) is 0 Å². The number of aryl methyl sites for hydroxylation is 1. The monoisotopic (exact) mass is 275 g/mol. The van der Waals surface area contributed by atoms with Crippen LogP contribution in [0.15, 0.2) is 36.4 Å². The number of hydrogen-bond acceptors (Lipinski definition) is 4. The molecule has 0 amide bonds. The van der Waals surface area contributed by atoms with Crippen molar-refractivity contribution >= 4 is 11.7 Å². The maximum absolute atomic E-state index is 13.2. The molecule has 2 rings (SSSR count). The van der Waals surface area contributed by atoms with Crippen LogP contribution in [0.1, 0.15) is 15.9 Å². The topological polar surface area (TPSA) is 61.5 Å². The Hall–Kier alpha value is -2.56. The van der Waals surface area contributed by atoms with Gasteiger partial charge < -0.3 is 15.2 Å². The molecular formula is C15H14FNO3. The molecule has 0 radical (unpaired) electrons. The summed E-state index contributed by atoms with van der Waals surface area (Å²) < 4.78 is 23.5. The number of nitrogen functional groups attached to an aromatic ring is 1. The summed E-state index contributed by atoms with van der Waals surface area (Å²) in [6, 6.07) is 8.99. The van der Waals surface area contributed by atoms with Crippen LogP contribution in [0.4, 0.5) is 10.1 Å². The number of hydrogen-bond donors (Lipinski definition) is 1. The maximum Gasteiger partial charge on any atom is 0.341 e. The van der Waals surface area contributed by atoms with E-state index < -0.39 is 5.97 Å². The number of benzene rings is 2. The second kappa shape index (κ2) is 5.61. The zero-order valence-electron chi connectivity index (χ0n) is 11.1. The SMILES string of the molecule is COC(=O)c1cc(N)ccc1Oc1ccc(F)c(C)c1. The van der Waals surface area contributed by atoms with Gasteiger partial charge in [-0.3, -0.25) is 0 Å². The molecule has 4 nitrogen and oxygen atoms in total. The van der Waals surface area contributed by atoms with E-state index >= 15 is 0 Å². The van der Waals surface area contributed by atoms with Crippen LogP contribution in [-0.2, 0) is 4.74 Å². The lowest BCUT2D eigenvalue weighted by atomic mass is 10.1. The molecule has 0 bridgehead atoms. The predicted octanol–water partition coefficient (Wildman–Crippen LogP) is 3.30. The third kappa shape index (κ3) is 2.88. The van der Waals surface area contributed by atoms with Gasteiger partial charge in [0.2, 0.25) is 0 Å². The first-order valence-corrected chi connectivity index (χ1v) is 5.93. The van der Waals surface area contributed by atoms with Crippen LogP contribution in [0.25, 0.3) is 0 Å². The lowest BCUT2D eigenvalue weighted by molar-refractivity contribution is 0.0598. The summed E-state index contributed by atoms with van der Waals surface area (Å²) in [4.78, 5) is 11.7. The van der Waals surface area contributed by atoms with E-state index in [2.05, 4.69) is 4.74 Å². The van der Waals surface area contributed by atoms with Crippen molar-refractivity contribution < 1.29 is 18.7 Å². The number of rotatable bonds is 3. The van der Waals surface area contributed by atoms with Gasteiger partial charge in [0.1, 0.15) is 22.9 Å². The van der Waals surface area contributed by atoms with E-state index in [1.54, 1.807) is 25.1 Å². The number of carbonyl (C=O) groups is 1. The van der Waals surface area contributed by atoms with E-state index in [0.29, 0.717) is 22.7 Å². The third-order valence-electron chi connectivity index (χ3n) is 2.77. The molecule has 2 aromatic carbocycles. The summed E-state index contributed by atoms with van der Waals surface area (Å²) in [6.45, 7) is 1.63. The molecule has 0 unspecified atom stereocenters. The molecular weight excluding hydrogens is 261 g/mol. The van der Waals surface area contributed by atoms with Gasteiger partial charge in [0, 0.05) is 5.69 Å². The average molecular weight is 275 g/mol. The highest BCUT2D eigenvalue weighted by atomic mass is 19.1. The average Bonchev–Trinajstić information content (AvgIpc) is 2.44. The molecule has 0 aliphatic rings. The quantitative estimate of drug-likeness (QED) is 0.689. The lowest BCUT2D eigenvalue weighted by Crippen LogP contribution is -2.04. The highest BCUT2D eigenvalue weighted by Crippen LogP contribution is 2.28. The summed E-state index contributed by atoms with van der Waals surface area (Å²) in [5.41, 5.74) is 6.74. The first-order chi connectivity index (χ1) is 9.51. The summed E-state index contributed by atoms with van der Waals surface area (Å²) in [6.07, 6.45) is 0. The largest absolute Gasteiger partial charge is 0.465 e. The van der Waals surface area contributed by atoms with E-state index in [9.17, 15) is 9.18 Å². The molecule has 0 aliphatic carbocycles. The molecule has 5 heteroatoms. The van der Waals surface area contributed by atoms with Crippen molar-refractivity contribution in [2.75, 3.05) is 12.8 Å². The third-order valence-corrected chi connectivity index (χ3v) is 2.77. The fourth-order valence-electron chi connectivity index (χ4n) is 1.71. The highest BCUT2D eigenvalue weighted by molar-refractivity contribution is 5.93. The van der Waals surface area contributed by atoms with Crippen molar-refractivity contribution in [2.24, 2.45) is 0 Å². The second-order valence-electron chi connectivity index (χ2n) is 4.26. The number of esters is 1. The molecule has 0 aliphatic heterocycles. The minimum absolute atomic E-state index is 0.217. The Balaban J connectivity index is 2.37. The predicted molar refractivity (Wildman–Crippen MR) is 73.4 cm³/mol. The van der Waals surface area contributed by atoms with Gasteiger partial charge in [-0.2, -0.15) is 0 Å². The molecule has 2 aromatic rings. The Morgan fingerprint density at radius 2 is 1.95 bits per heavy atom. The van der Waals surface area contributed by atoms with Gasteiger partial charge >= 0.3 is 5.97 Å². The molecule has 0 fully saturated rings. The summed E-state index contributed by atoms with van der Waals surface area (Å²) in [5, 5.41) is 0. The molecule has 2 N–H and O–H groups in total. The van der Waals surface area contributed by atoms with Crippen LogP contribution in [0.3, 0.4) is 0 Å². The van der Waals surface area contributed by atoms with E-state index in [1.165, 1.54) is 25.3 Å². The highest BCUT2D eigenvalue weighted by Gasteiger charge is 2.14. The van der Waals surface area contributed by atoms with Crippen LogP contribution in [0.5, 0.6) is 11.5 Å².